The van der Waals surface area contributed by atoms with Crippen molar-refractivity contribution in [1.29, 1.82) is 0 Å². The highest BCUT2D eigenvalue weighted by Crippen LogP contribution is 2.30. The molecule has 0 atom stereocenters. The Bertz CT molecular complexity index is 425. The van der Waals surface area contributed by atoms with E-state index < -0.39 is 34.8 Å². The van der Waals surface area contributed by atoms with Crippen molar-refractivity contribution >= 4 is 5.69 Å². The van der Waals surface area contributed by atoms with E-state index in [1.807, 2.05) is 0 Å². The minimum atomic E-state index is -2.13. The van der Waals surface area contributed by atoms with Crippen molar-refractivity contribution in [2.45, 2.75) is 38.1 Å². The average Bonchev–Trinajstić information content (AvgIpc) is 2.40. The number of hydrogen-bond acceptors (Lipinski definition) is 1. The molecule has 0 bridgehead atoms. The van der Waals surface area contributed by atoms with E-state index in [0.29, 0.717) is 12.8 Å². The summed E-state index contributed by atoms with van der Waals surface area (Å²) in [4.78, 5) is 0. The summed E-state index contributed by atoms with van der Waals surface area (Å²) in [5.41, 5.74) is -0.918. The molecule has 18 heavy (non-hydrogen) atoms. The number of rotatable bonds is 2. The summed E-state index contributed by atoms with van der Waals surface area (Å²) in [6, 6.07) is -0.244. The van der Waals surface area contributed by atoms with Crippen LogP contribution >= 0.6 is 0 Å². The normalized spacial score (nSPS) is 16.9. The summed E-state index contributed by atoms with van der Waals surface area (Å²) < 4.78 is 65.5. The van der Waals surface area contributed by atoms with Gasteiger partial charge < -0.3 is 5.32 Å². The SMILES string of the molecule is Fc1c(F)c(F)c(NC2CCCCC2)c(F)c1F. The van der Waals surface area contributed by atoms with Crippen LogP contribution in [0.25, 0.3) is 0 Å². The molecule has 1 saturated carbocycles. The quantitative estimate of drug-likeness (QED) is 0.481. The second-order valence-electron chi connectivity index (χ2n) is 4.42. The molecule has 0 spiro atoms. The van der Waals surface area contributed by atoms with Gasteiger partial charge in [0, 0.05) is 6.04 Å². The molecule has 1 aromatic rings. The maximum absolute atomic E-state index is 13.4. The van der Waals surface area contributed by atoms with E-state index in [4.69, 9.17) is 0 Å². The predicted octanol–water partition coefficient (Wildman–Crippen LogP) is 4.13. The topological polar surface area (TPSA) is 12.0 Å². The third-order valence-corrected chi connectivity index (χ3v) is 3.16. The molecule has 0 aliphatic heterocycles. The predicted molar refractivity (Wildman–Crippen MR) is 56.7 cm³/mol. The zero-order chi connectivity index (χ0) is 13.3. The maximum atomic E-state index is 13.4. The van der Waals surface area contributed by atoms with Crippen LogP contribution in [0, 0.1) is 29.1 Å². The Morgan fingerprint density at radius 1 is 0.667 bits per heavy atom. The molecule has 1 N–H and O–H groups in total. The highest BCUT2D eigenvalue weighted by Gasteiger charge is 2.27. The molecule has 0 amide bonds. The van der Waals surface area contributed by atoms with E-state index in [2.05, 4.69) is 5.32 Å². The third kappa shape index (κ3) is 2.28. The van der Waals surface area contributed by atoms with Crippen LogP contribution in [0.15, 0.2) is 0 Å². The van der Waals surface area contributed by atoms with Gasteiger partial charge in [0.05, 0.1) is 0 Å². The number of anilines is 1. The van der Waals surface area contributed by atoms with E-state index in [1.54, 1.807) is 0 Å². The van der Waals surface area contributed by atoms with Gasteiger partial charge in [-0.1, -0.05) is 19.3 Å². The maximum Gasteiger partial charge on any atom is 0.200 e. The van der Waals surface area contributed by atoms with Crippen LogP contribution in [0.4, 0.5) is 27.6 Å². The second-order valence-corrected chi connectivity index (χ2v) is 4.42. The minimum absolute atomic E-state index is 0.244. The first-order valence-corrected chi connectivity index (χ1v) is 5.80. The van der Waals surface area contributed by atoms with Gasteiger partial charge in [0.1, 0.15) is 5.69 Å². The lowest BCUT2D eigenvalue weighted by molar-refractivity contribution is 0.378. The Morgan fingerprint density at radius 3 is 1.61 bits per heavy atom. The fraction of sp³-hybridized carbons (Fsp3) is 0.500. The molecule has 100 valence electrons. The summed E-state index contributed by atoms with van der Waals surface area (Å²) in [5, 5.41) is 2.43. The van der Waals surface area contributed by atoms with Crippen molar-refractivity contribution in [3.05, 3.63) is 29.1 Å². The summed E-state index contributed by atoms with van der Waals surface area (Å²) in [6.07, 6.45) is 4.12. The van der Waals surface area contributed by atoms with Crippen LogP contribution in [-0.4, -0.2) is 6.04 Å². The fourth-order valence-electron chi connectivity index (χ4n) is 2.18. The molecule has 1 aliphatic rings. The van der Waals surface area contributed by atoms with Crippen molar-refractivity contribution in [1.82, 2.24) is 0 Å². The van der Waals surface area contributed by atoms with Crippen molar-refractivity contribution < 1.29 is 22.0 Å². The lowest BCUT2D eigenvalue weighted by Crippen LogP contribution is -2.24. The fourth-order valence-corrected chi connectivity index (χ4v) is 2.18. The molecule has 0 aromatic heterocycles. The molecule has 1 nitrogen and oxygen atoms in total. The zero-order valence-corrected chi connectivity index (χ0v) is 9.50. The van der Waals surface area contributed by atoms with Crippen molar-refractivity contribution in [2.75, 3.05) is 5.32 Å². The van der Waals surface area contributed by atoms with Crippen molar-refractivity contribution in [2.24, 2.45) is 0 Å². The van der Waals surface area contributed by atoms with E-state index in [9.17, 15) is 22.0 Å². The number of hydrogen-bond donors (Lipinski definition) is 1. The van der Waals surface area contributed by atoms with Crippen molar-refractivity contribution in [3.8, 4) is 0 Å². The van der Waals surface area contributed by atoms with Gasteiger partial charge in [-0.25, -0.2) is 22.0 Å². The first-order chi connectivity index (χ1) is 8.52. The summed E-state index contributed by atoms with van der Waals surface area (Å²) in [6.45, 7) is 0. The molecule has 6 heteroatoms. The zero-order valence-electron chi connectivity index (χ0n) is 9.50. The lowest BCUT2D eigenvalue weighted by Gasteiger charge is -2.24. The second kappa shape index (κ2) is 5.12. The molecule has 0 radical (unpaired) electrons. The highest BCUT2D eigenvalue weighted by molar-refractivity contribution is 5.48. The first-order valence-electron chi connectivity index (χ1n) is 5.80. The Hall–Kier alpha value is -1.33. The van der Waals surface area contributed by atoms with Gasteiger partial charge in [-0.3, -0.25) is 0 Å². The Morgan fingerprint density at radius 2 is 1.11 bits per heavy atom. The van der Waals surface area contributed by atoms with Gasteiger partial charge in [0.25, 0.3) is 0 Å². The number of nitrogens with one attached hydrogen (secondary N) is 1. The van der Waals surface area contributed by atoms with Crippen LogP contribution in [0.2, 0.25) is 0 Å². The summed E-state index contributed by atoms with van der Waals surface area (Å²) in [5.74, 6) is -9.53. The molecule has 1 fully saturated rings. The van der Waals surface area contributed by atoms with Gasteiger partial charge in [-0.15, -0.1) is 0 Å². The Balaban J connectivity index is 2.32. The molecular weight excluding hydrogens is 253 g/mol. The smallest absolute Gasteiger partial charge is 0.200 e. The minimum Gasteiger partial charge on any atom is -0.377 e. The van der Waals surface area contributed by atoms with Crippen LogP contribution in [0.3, 0.4) is 0 Å². The molecule has 1 aliphatic carbocycles. The van der Waals surface area contributed by atoms with E-state index in [-0.39, 0.29) is 6.04 Å². The number of benzene rings is 1. The molecule has 1 aromatic carbocycles. The van der Waals surface area contributed by atoms with Gasteiger partial charge in [-0.05, 0) is 12.8 Å². The Labute approximate surface area is 101 Å². The van der Waals surface area contributed by atoms with Crippen LogP contribution < -0.4 is 5.32 Å². The molecule has 0 saturated heterocycles. The van der Waals surface area contributed by atoms with Gasteiger partial charge >= 0.3 is 0 Å². The van der Waals surface area contributed by atoms with Gasteiger partial charge in [-0.2, -0.15) is 0 Å². The van der Waals surface area contributed by atoms with E-state index >= 15 is 0 Å². The first kappa shape index (κ1) is 13.1. The third-order valence-electron chi connectivity index (χ3n) is 3.16. The van der Waals surface area contributed by atoms with Crippen LogP contribution in [-0.2, 0) is 0 Å². The monoisotopic (exact) mass is 265 g/mol. The highest BCUT2D eigenvalue weighted by atomic mass is 19.2. The largest absolute Gasteiger partial charge is 0.377 e. The summed E-state index contributed by atoms with van der Waals surface area (Å²) >= 11 is 0. The molecular formula is C12H12F5N. The van der Waals surface area contributed by atoms with Gasteiger partial charge in [0.15, 0.2) is 23.3 Å². The van der Waals surface area contributed by atoms with E-state index in [1.165, 1.54) is 0 Å². The number of halogens is 5. The standard InChI is InChI=1S/C12H12F5N/c13-7-8(14)10(16)12(11(17)9(7)15)18-6-4-2-1-3-5-6/h6,18H,1-5H2. The van der Waals surface area contributed by atoms with E-state index in [0.717, 1.165) is 19.3 Å². The molecule has 0 unspecified atom stereocenters. The Kier molecular flexibility index (Phi) is 3.73. The van der Waals surface area contributed by atoms with Crippen LogP contribution in [0.1, 0.15) is 32.1 Å². The van der Waals surface area contributed by atoms with Crippen LogP contribution in [0.5, 0.6) is 0 Å². The molecule has 0 heterocycles. The molecule has 2 rings (SSSR count). The summed E-state index contributed by atoms with van der Waals surface area (Å²) in [7, 11) is 0. The lowest BCUT2D eigenvalue weighted by atomic mass is 9.95. The van der Waals surface area contributed by atoms with Gasteiger partial charge in [0.2, 0.25) is 5.82 Å². The van der Waals surface area contributed by atoms with Crippen molar-refractivity contribution in [3.63, 3.8) is 0 Å². The average molecular weight is 265 g/mol.